The first-order chi connectivity index (χ1) is 13.1. The standard InChI is InChI=1S/C20H13FN4OS/c1-24-11-15(14-9-13(21)7-8-17(14)24)19-23-25-18(26)10-16(22-20(25)27-19)12-5-3-2-4-6-12/h2-11H,1H3. The maximum Gasteiger partial charge on any atom is 0.275 e. The highest BCUT2D eigenvalue weighted by molar-refractivity contribution is 7.19. The lowest BCUT2D eigenvalue weighted by Gasteiger charge is -1.99. The Balaban J connectivity index is 1.73. The quantitative estimate of drug-likeness (QED) is 0.466. The lowest BCUT2D eigenvalue weighted by atomic mass is 10.1. The second-order valence-electron chi connectivity index (χ2n) is 6.26. The summed E-state index contributed by atoms with van der Waals surface area (Å²) in [5, 5.41) is 5.82. The fraction of sp³-hybridized carbons (Fsp3) is 0.0500. The zero-order valence-corrected chi connectivity index (χ0v) is 15.1. The van der Waals surface area contributed by atoms with Crippen LogP contribution < -0.4 is 5.56 Å². The molecule has 5 aromatic rings. The number of rotatable bonds is 2. The predicted molar refractivity (Wildman–Crippen MR) is 104 cm³/mol. The number of hydrogen-bond donors (Lipinski definition) is 0. The number of hydrogen-bond acceptors (Lipinski definition) is 4. The topological polar surface area (TPSA) is 52.2 Å². The summed E-state index contributed by atoms with van der Waals surface area (Å²) >= 11 is 1.31. The van der Waals surface area contributed by atoms with Crippen LogP contribution in [0.3, 0.4) is 0 Å². The molecule has 0 saturated heterocycles. The van der Waals surface area contributed by atoms with Crippen LogP contribution in [-0.2, 0) is 7.05 Å². The van der Waals surface area contributed by atoms with Crippen molar-refractivity contribution >= 4 is 27.2 Å². The van der Waals surface area contributed by atoms with Crippen LogP contribution in [0, 0.1) is 5.82 Å². The first kappa shape index (κ1) is 15.9. The Morgan fingerprint density at radius 2 is 1.89 bits per heavy atom. The SMILES string of the molecule is Cn1cc(-c2nn3c(=O)cc(-c4ccccc4)nc3s2)c2cc(F)ccc21. The summed E-state index contributed by atoms with van der Waals surface area (Å²) in [4.78, 5) is 17.6. The van der Waals surface area contributed by atoms with E-state index in [-0.39, 0.29) is 11.4 Å². The number of nitrogens with zero attached hydrogens (tertiary/aromatic N) is 4. The van der Waals surface area contributed by atoms with Crippen molar-refractivity contribution in [1.29, 1.82) is 0 Å². The molecule has 0 unspecified atom stereocenters. The Hall–Kier alpha value is -3.32. The molecule has 27 heavy (non-hydrogen) atoms. The third kappa shape index (κ3) is 2.55. The van der Waals surface area contributed by atoms with Gasteiger partial charge in [-0.1, -0.05) is 41.7 Å². The minimum absolute atomic E-state index is 0.243. The van der Waals surface area contributed by atoms with Crippen LogP contribution in [-0.4, -0.2) is 19.2 Å². The first-order valence-electron chi connectivity index (χ1n) is 8.31. The number of benzene rings is 2. The summed E-state index contributed by atoms with van der Waals surface area (Å²) in [6.07, 6.45) is 1.89. The summed E-state index contributed by atoms with van der Waals surface area (Å²) in [7, 11) is 1.90. The minimum atomic E-state index is -0.308. The van der Waals surface area contributed by atoms with Gasteiger partial charge in [-0.25, -0.2) is 9.37 Å². The molecule has 0 fully saturated rings. The fourth-order valence-corrected chi connectivity index (χ4v) is 4.14. The average Bonchev–Trinajstić information content (AvgIpc) is 3.24. The normalized spacial score (nSPS) is 11.5. The minimum Gasteiger partial charge on any atom is -0.350 e. The molecule has 0 aliphatic rings. The van der Waals surface area contributed by atoms with E-state index in [1.54, 1.807) is 6.07 Å². The molecule has 0 bridgehead atoms. The van der Waals surface area contributed by atoms with Crippen molar-refractivity contribution in [2.45, 2.75) is 0 Å². The van der Waals surface area contributed by atoms with Gasteiger partial charge in [-0.15, -0.1) is 0 Å². The Morgan fingerprint density at radius 3 is 2.70 bits per heavy atom. The maximum absolute atomic E-state index is 13.8. The first-order valence-corrected chi connectivity index (χ1v) is 9.13. The van der Waals surface area contributed by atoms with Gasteiger partial charge in [0.15, 0.2) is 0 Å². The molecule has 2 aromatic carbocycles. The Labute approximate surface area is 157 Å². The second-order valence-corrected chi connectivity index (χ2v) is 7.22. The van der Waals surface area contributed by atoms with Gasteiger partial charge in [-0.3, -0.25) is 4.79 Å². The van der Waals surface area contributed by atoms with E-state index < -0.39 is 0 Å². The van der Waals surface area contributed by atoms with Gasteiger partial charge in [-0.05, 0) is 18.2 Å². The van der Waals surface area contributed by atoms with Crippen molar-refractivity contribution in [3.63, 3.8) is 0 Å². The van der Waals surface area contributed by atoms with Gasteiger partial charge >= 0.3 is 0 Å². The highest BCUT2D eigenvalue weighted by Gasteiger charge is 2.16. The van der Waals surface area contributed by atoms with E-state index in [2.05, 4.69) is 10.1 Å². The Morgan fingerprint density at radius 1 is 1.07 bits per heavy atom. The molecule has 3 aromatic heterocycles. The Kier molecular flexibility index (Phi) is 3.45. The molecule has 5 nitrogen and oxygen atoms in total. The van der Waals surface area contributed by atoms with Crippen LogP contribution >= 0.6 is 11.3 Å². The molecule has 0 saturated carbocycles. The van der Waals surface area contributed by atoms with Crippen LogP contribution in [0.25, 0.3) is 37.7 Å². The largest absolute Gasteiger partial charge is 0.350 e. The molecule has 0 N–H and O–H groups in total. The predicted octanol–water partition coefficient (Wildman–Crippen LogP) is 4.12. The van der Waals surface area contributed by atoms with E-state index in [1.807, 2.05) is 48.1 Å². The molecule has 3 heterocycles. The number of fused-ring (bicyclic) bond motifs is 2. The smallest absolute Gasteiger partial charge is 0.275 e. The van der Waals surface area contributed by atoms with Crippen LogP contribution in [0.4, 0.5) is 4.39 Å². The van der Waals surface area contributed by atoms with E-state index >= 15 is 0 Å². The molecular formula is C20H13FN4OS. The van der Waals surface area contributed by atoms with Gasteiger partial charge < -0.3 is 4.57 Å². The Bertz CT molecular complexity index is 1370. The summed E-state index contributed by atoms with van der Waals surface area (Å²) in [5.41, 5.74) is 2.92. The highest BCUT2D eigenvalue weighted by atomic mass is 32.1. The fourth-order valence-electron chi connectivity index (χ4n) is 3.21. The monoisotopic (exact) mass is 376 g/mol. The van der Waals surface area contributed by atoms with E-state index in [0.717, 1.165) is 22.0 Å². The number of aryl methyl sites for hydroxylation is 1. The van der Waals surface area contributed by atoms with Gasteiger partial charge in [0, 0.05) is 41.3 Å². The van der Waals surface area contributed by atoms with E-state index in [4.69, 9.17) is 0 Å². The molecule has 132 valence electrons. The molecule has 7 heteroatoms. The third-order valence-electron chi connectivity index (χ3n) is 4.50. The van der Waals surface area contributed by atoms with Crippen LogP contribution in [0.2, 0.25) is 0 Å². The van der Waals surface area contributed by atoms with Crippen molar-refractivity contribution in [2.75, 3.05) is 0 Å². The van der Waals surface area contributed by atoms with Gasteiger partial charge in [0.05, 0.1) is 5.69 Å². The summed E-state index contributed by atoms with van der Waals surface area (Å²) in [5.74, 6) is -0.308. The average molecular weight is 376 g/mol. The van der Waals surface area contributed by atoms with Crippen molar-refractivity contribution in [3.05, 3.63) is 77.0 Å². The summed E-state index contributed by atoms with van der Waals surface area (Å²) in [6.45, 7) is 0. The van der Waals surface area contributed by atoms with Crippen molar-refractivity contribution in [2.24, 2.45) is 7.05 Å². The number of aromatic nitrogens is 4. The zero-order valence-electron chi connectivity index (χ0n) is 14.3. The van der Waals surface area contributed by atoms with Crippen molar-refractivity contribution in [3.8, 4) is 21.8 Å². The van der Waals surface area contributed by atoms with Gasteiger partial charge in [-0.2, -0.15) is 9.61 Å². The maximum atomic E-state index is 13.8. The third-order valence-corrected chi connectivity index (χ3v) is 5.44. The number of halogens is 1. The molecule has 0 atom stereocenters. The van der Waals surface area contributed by atoms with E-state index in [1.165, 1.54) is 34.1 Å². The van der Waals surface area contributed by atoms with Crippen molar-refractivity contribution in [1.82, 2.24) is 19.2 Å². The van der Waals surface area contributed by atoms with E-state index in [0.29, 0.717) is 15.7 Å². The highest BCUT2D eigenvalue weighted by Crippen LogP contribution is 2.33. The summed E-state index contributed by atoms with van der Waals surface area (Å²) < 4.78 is 17.0. The molecule has 5 rings (SSSR count). The van der Waals surface area contributed by atoms with Gasteiger partial charge in [0.2, 0.25) is 4.96 Å². The molecular weight excluding hydrogens is 363 g/mol. The summed E-state index contributed by atoms with van der Waals surface area (Å²) in [6, 6.07) is 15.7. The lowest BCUT2D eigenvalue weighted by molar-refractivity contribution is 0.629. The zero-order chi connectivity index (χ0) is 18.5. The van der Waals surface area contributed by atoms with Gasteiger partial charge in [0.25, 0.3) is 5.56 Å². The van der Waals surface area contributed by atoms with Crippen molar-refractivity contribution < 1.29 is 4.39 Å². The second kappa shape index (κ2) is 5.85. The lowest BCUT2D eigenvalue weighted by Crippen LogP contribution is -2.14. The molecule has 0 amide bonds. The van der Waals surface area contributed by atoms with E-state index in [9.17, 15) is 9.18 Å². The molecule has 0 aliphatic carbocycles. The van der Waals surface area contributed by atoms with Gasteiger partial charge in [0.1, 0.15) is 10.8 Å². The van der Waals surface area contributed by atoms with Crippen LogP contribution in [0.1, 0.15) is 0 Å². The van der Waals surface area contributed by atoms with Crippen LogP contribution in [0.5, 0.6) is 0 Å². The molecule has 0 spiro atoms. The van der Waals surface area contributed by atoms with Crippen LogP contribution in [0.15, 0.2) is 65.6 Å². The molecule has 0 aliphatic heterocycles. The molecule has 0 radical (unpaired) electrons.